The standard InChI is InChI=1S/C10H9NO4/c12-10(13)9-6-2-1-5(15-6)8(9)7-3-11-4-14-7/h1-6,8-9H,(H,12,13). The van der Waals surface area contributed by atoms with Crippen LogP contribution >= 0.6 is 0 Å². The van der Waals surface area contributed by atoms with Crippen LogP contribution in [0, 0.1) is 5.92 Å². The van der Waals surface area contributed by atoms with Gasteiger partial charge in [-0.2, -0.15) is 0 Å². The second-order valence-electron chi connectivity index (χ2n) is 3.74. The van der Waals surface area contributed by atoms with E-state index < -0.39 is 11.9 Å². The molecule has 1 aromatic heterocycles. The summed E-state index contributed by atoms with van der Waals surface area (Å²) in [5.74, 6) is -1.08. The van der Waals surface area contributed by atoms with Crippen LogP contribution in [0.3, 0.4) is 0 Å². The van der Waals surface area contributed by atoms with Gasteiger partial charge in [0.15, 0.2) is 6.39 Å². The number of carboxylic acids is 1. The van der Waals surface area contributed by atoms with Crippen molar-refractivity contribution in [1.82, 2.24) is 4.98 Å². The van der Waals surface area contributed by atoms with E-state index in [9.17, 15) is 4.79 Å². The molecule has 1 saturated heterocycles. The minimum absolute atomic E-state index is 0.191. The van der Waals surface area contributed by atoms with Crippen LogP contribution in [0.1, 0.15) is 11.7 Å². The van der Waals surface area contributed by atoms with Crippen molar-refractivity contribution < 1.29 is 19.1 Å². The molecule has 5 nitrogen and oxygen atoms in total. The van der Waals surface area contributed by atoms with Gasteiger partial charge in [0.2, 0.25) is 0 Å². The molecule has 0 amide bonds. The van der Waals surface area contributed by atoms with Gasteiger partial charge in [-0.1, -0.05) is 12.2 Å². The Morgan fingerprint density at radius 3 is 2.87 bits per heavy atom. The molecular weight excluding hydrogens is 198 g/mol. The average molecular weight is 207 g/mol. The first kappa shape index (κ1) is 8.67. The summed E-state index contributed by atoms with van der Waals surface area (Å²) in [6, 6.07) is 0. The van der Waals surface area contributed by atoms with Gasteiger partial charge in [-0.15, -0.1) is 0 Å². The van der Waals surface area contributed by atoms with Gasteiger partial charge in [0, 0.05) is 0 Å². The van der Waals surface area contributed by atoms with E-state index in [1.807, 2.05) is 6.08 Å². The number of hydrogen-bond donors (Lipinski definition) is 1. The van der Waals surface area contributed by atoms with E-state index in [0.29, 0.717) is 5.76 Å². The second kappa shape index (κ2) is 2.93. The highest BCUT2D eigenvalue weighted by Crippen LogP contribution is 2.45. The van der Waals surface area contributed by atoms with Gasteiger partial charge in [0.1, 0.15) is 5.76 Å². The molecule has 5 heteroatoms. The Bertz CT molecular complexity index is 411. The van der Waals surface area contributed by atoms with Crippen LogP contribution in [-0.2, 0) is 9.53 Å². The number of aliphatic carboxylic acids is 1. The molecular formula is C10H9NO4. The molecule has 3 rings (SSSR count). The molecule has 15 heavy (non-hydrogen) atoms. The predicted octanol–water partition coefficient (Wildman–Crippen LogP) is 0.796. The van der Waals surface area contributed by atoms with E-state index in [-0.39, 0.29) is 18.1 Å². The molecule has 1 N–H and O–H groups in total. The molecule has 1 aromatic rings. The SMILES string of the molecule is O=C(O)C1C2C=CC(O2)C1c1cnco1. The number of fused-ring (bicyclic) bond motifs is 2. The maximum atomic E-state index is 11.1. The van der Waals surface area contributed by atoms with E-state index in [1.54, 1.807) is 12.3 Å². The lowest BCUT2D eigenvalue weighted by Crippen LogP contribution is -2.29. The van der Waals surface area contributed by atoms with Crippen LogP contribution in [0.2, 0.25) is 0 Å². The highest BCUT2D eigenvalue weighted by Gasteiger charge is 2.51. The van der Waals surface area contributed by atoms with Crippen LogP contribution < -0.4 is 0 Å². The van der Waals surface area contributed by atoms with Gasteiger partial charge in [0.25, 0.3) is 0 Å². The first-order valence-electron chi connectivity index (χ1n) is 4.72. The number of carbonyl (C=O) groups is 1. The van der Waals surface area contributed by atoms with E-state index in [2.05, 4.69) is 4.98 Å². The lowest BCUT2D eigenvalue weighted by atomic mass is 9.82. The molecule has 2 bridgehead atoms. The Morgan fingerprint density at radius 2 is 2.20 bits per heavy atom. The van der Waals surface area contributed by atoms with Crippen LogP contribution in [0.4, 0.5) is 0 Å². The maximum Gasteiger partial charge on any atom is 0.310 e. The molecule has 2 aliphatic rings. The molecule has 0 aliphatic carbocycles. The summed E-state index contributed by atoms with van der Waals surface area (Å²) in [6.45, 7) is 0. The molecule has 0 spiro atoms. The second-order valence-corrected chi connectivity index (χ2v) is 3.74. The van der Waals surface area contributed by atoms with Gasteiger partial charge in [-0.25, -0.2) is 4.98 Å². The number of ether oxygens (including phenoxy) is 1. The zero-order valence-electron chi connectivity index (χ0n) is 7.74. The predicted molar refractivity (Wildman–Crippen MR) is 48.2 cm³/mol. The highest BCUT2D eigenvalue weighted by atomic mass is 16.5. The summed E-state index contributed by atoms with van der Waals surface area (Å²) >= 11 is 0. The third-order valence-electron chi connectivity index (χ3n) is 2.96. The van der Waals surface area contributed by atoms with E-state index in [0.717, 1.165) is 0 Å². The smallest absolute Gasteiger partial charge is 0.310 e. The van der Waals surface area contributed by atoms with Crippen LogP contribution in [0.5, 0.6) is 0 Å². The maximum absolute atomic E-state index is 11.1. The fraction of sp³-hybridized carbons (Fsp3) is 0.400. The monoisotopic (exact) mass is 207 g/mol. The molecule has 3 heterocycles. The van der Waals surface area contributed by atoms with Crippen molar-refractivity contribution in [3.8, 4) is 0 Å². The van der Waals surface area contributed by atoms with Crippen molar-refractivity contribution in [3.05, 3.63) is 30.5 Å². The minimum atomic E-state index is -0.853. The molecule has 0 radical (unpaired) electrons. The van der Waals surface area contributed by atoms with Crippen LogP contribution in [-0.4, -0.2) is 28.3 Å². The van der Waals surface area contributed by atoms with Gasteiger partial charge in [-0.05, 0) is 0 Å². The van der Waals surface area contributed by atoms with E-state index in [1.165, 1.54) is 6.39 Å². The normalized spacial score (nSPS) is 37.3. The van der Waals surface area contributed by atoms with Crippen molar-refractivity contribution in [1.29, 1.82) is 0 Å². The lowest BCUT2D eigenvalue weighted by molar-refractivity contribution is -0.143. The van der Waals surface area contributed by atoms with Crippen LogP contribution in [0.15, 0.2) is 29.2 Å². The van der Waals surface area contributed by atoms with Crippen molar-refractivity contribution in [2.45, 2.75) is 18.1 Å². The van der Waals surface area contributed by atoms with Gasteiger partial charge in [-0.3, -0.25) is 4.79 Å². The van der Waals surface area contributed by atoms with E-state index >= 15 is 0 Å². The zero-order chi connectivity index (χ0) is 10.4. The molecule has 4 unspecified atom stereocenters. The van der Waals surface area contributed by atoms with Gasteiger partial charge in [0.05, 0.1) is 30.2 Å². The number of hydrogen-bond acceptors (Lipinski definition) is 4. The number of oxazole rings is 1. The Labute approximate surface area is 85.4 Å². The zero-order valence-corrected chi connectivity index (χ0v) is 7.74. The largest absolute Gasteiger partial charge is 0.481 e. The fourth-order valence-corrected chi connectivity index (χ4v) is 2.33. The summed E-state index contributed by atoms with van der Waals surface area (Å²) in [6.07, 6.45) is 6.03. The van der Waals surface area contributed by atoms with Crippen molar-refractivity contribution in [2.75, 3.05) is 0 Å². The number of nitrogens with zero attached hydrogens (tertiary/aromatic N) is 1. The average Bonchev–Trinajstić information content (AvgIpc) is 2.92. The first-order chi connectivity index (χ1) is 7.27. The molecule has 0 saturated carbocycles. The first-order valence-corrected chi connectivity index (χ1v) is 4.72. The number of aromatic nitrogens is 1. The summed E-state index contributed by atoms with van der Waals surface area (Å²) in [4.78, 5) is 14.9. The van der Waals surface area contributed by atoms with Crippen molar-refractivity contribution in [2.24, 2.45) is 5.92 Å². The molecule has 2 aliphatic heterocycles. The number of carboxylic acid groups (broad SMARTS) is 1. The molecule has 78 valence electrons. The topological polar surface area (TPSA) is 72.6 Å². The summed E-state index contributed by atoms with van der Waals surface area (Å²) in [5, 5.41) is 9.13. The van der Waals surface area contributed by atoms with Crippen LogP contribution in [0.25, 0.3) is 0 Å². The molecule has 4 atom stereocenters. The fourth-order valence-electron chi connectivity index (χ4n) is 2.33. The van der Waals surface area contributed by atoms with Gasteiger partial charge < -0.3 is 14.3 Å². The highest BCUT2D eigenvalue weighted by molar-refractivity contribution is 5.73. The van der Waals surface area contributed by atoms with Gasteiger partial charge >= 0.3 is 5.97 Å². The number of rotatable bonds is 2. The Morgan fingerprint density at radius 1 is 1.40 bits per heavy atom. The lowest BCUT2D eigenvalue weighted by Gasteiger charge is -2.18. The Kier molecular flexibility index (Phi) is 1.70. The Hall–Kier alpha value is -1.62. The molecule has 1 fully saturated rings. The third kappa shape index (κ3) is 1.13. The van der Waals surface area contributed by atoms with E-state index in [4.69, 9.17) is 14.3 Å². The summed E-state index contributed by atoms with van der Waals surface area (Å²) < 4.78 is 10.7. The van der Waals surface area contributed by atoms with Crippen molar-refractivity contribution >= 4 is 5.97 Å². The molecule has 0 aromatic carbocycles. The summed E-state index contributed by atoms with van der Waals surface area (Å²) in [7, 11) is 0. The quantitative estimate of drug-likeness (QED) is 0.726. The Balaban J connectivity index is 2.00. The van der Waals surface area contributed by atoms with Crippen molar-refractivity contribution in [3.63, 3.8) is 0 Å². The minimum Gasteiger partial charge on any atom is -0.481 e. The third-order valence-corrected chi connectivity index (χ3v) is 2.96. The summed E-state index contributed by atoms with van der Waals surface area (Å²) in [5.41, 5.74) is 0.